The van der Waals surface area contributed by atoms with Crippen LogP contribution in [-0.2, 0) is 16.0 Å². The van der Waals surface area contributed by atoms with Crippen molar-refractivity contribution in [3.63, 3.8) is 0 Å². The van der Waals surface area contributed by atoms with Gasteiger partial charge in [0.2, 0.25) is 5.91 Å². The lowest BCUT2D eigenvalue weighted by molar-refractivity contribution is -0.132. The van der Waals surface area contributed by atoms with Gasteiger partial charge in [-0.05, 0) is 68.8 Å². The molecule has 44 heavy (non-hydrogen) atoms. The number of anilines is 2. The van der Waals surface area contributed by atoms with Crippen molar-refractivity contribution in [2.24, 2.45) is 0 Å². The van der Waals surface area contributed by atoms with Crippen molar-refractivity contribution >= 4 is 46.8 Å². The quantitative estimate of drug-likeness (QED) is 0.303. The summed E-state index contributed by atoms with van der Waals surface area (Å²) in [4.78, 5) is 58.0. The predicted octanol–water partition coefficient (Wildman–Crippen LogP) is 3.94. The van der Waals surface area contributed by atoms with E-state index in [-0.39, 0.29) is 23.1 Å². The molecule has 2 aromatic carbocycles. The number of aromatic amines is 1. The van der Waals surface area contributed by atoms with E-state index in [1.807, 2.05) is 18.7 Å². The highest BCUT2D eigenvalue weighted by atomic mass is 19.1. The van der Waals surface area contributed by atoms with E-state index in [2.05, 4.69) is 32.9 Å². The molecule has 11 nitrogen and oxygen atoms in total. The van der Waals surface area contributed by atoms with Gasteiger partial charge in [-0.2, -0.15) is 0 Å². The normalized spacial score (nSPS) is 15.6. The third-order valence-electron chi connectivity index (χ3n) is 8.07. The number of urea groups is 1. The smallest absolute Gasteiger partial charge is 0.326 e. The maximum Gasteiger partial charge on any atom is 0.326 e. The lowest BCUT2D eigenvalue weighted by atomic mass is 10.0. The molecule has 0 radical (unpaired) electrons. The number of amides is 5. The van der Waals surface area contributed by atoms with E-state index in [0.29, 0.717) is 35.4 Å². The molecule has 3 heterocycles. The van der Waals surface area contributed by atoms with E-state index in [4.69, 9.17) is 4.74 Å². The minimum absolute atomic E-state index is 0.150. The fraction of sp³-hybridized carbons (Fsp3) is 0.312. The van der Waals surface area contributed by atoms with E-state index in [9.17, 15) is 23.6 Å². The average Bonchev–Trinajstić information content (AvgIpc) is 3.44. The number of benzene rings is 2. The van der Waals surface area contributed by atoms with Gasteiger partial charge in [-0.15, -0.1) is 0 Å². The molecule has 2 aliphatic heterocycles. The summed E-state index contributed by atoms with van der Waals surface area (Å²) < 4.78 is 19.1. The van der Waals surface area contributed by atoms with Gasteiger partial charge < -0.3 is 30.2 Å². The first-order valence-corrected chi connectivity index (χ1v) is 14.3. The number of H-pyrrole nitrogens is 1. The van der Waals surface area contributed by atoms with E-state index < -0.39 is 17.8 Å². The molecular formula is C32H35FN6O5. The number of nitrogens with zero attached hydrogens (tertiary/aromatic N) is 2. The first kappa shape index (κ1) is 30.5. The number of ether oxygens (including phenoxy) is 1. The van der Waals surface area contributed by atoms with Gasteiger partial charge >= 0.3 is 6.03 Å². The first-order valence-electron chi connectivity index (χ1n) is 14.3. The first-order chi connectivity index (χ1) is 21.0. The molecule has 5 amide bonds. The summed E-state index contributed by atoms with van der Waals surface area (Å²) >= 11 is 0. The second-order valence-corrected chi connectivity index (χ2v) is 11.0. The minimum Gasteiger partial charge on any atom is -0.497 e. The molecule has 230 valence electrons. The summed E-state index contributed by atoms with van der Waals surface area (Å²) in [7, 11) is 3.43. The van der Waals surface area contributed by atoms with Crippen LogP contribution < -0.4 is 20.7 Å². The second kappa shape index (κ2) is 12.7. The molecule has 12 heteroatoms. The number of rotatable bonds is 7. The number of halogens is 1. The zero-order valence-corrected chi connectivity index (χ0v) is 25.1. The predicted molar refractivity (Wildman–Crippen MR) is 165 cm³/mol. The van der Waals surface area contributed by atoms with Crippen LogP contribution in [0.1, 0.15) is 44.9 Å². The van der Waals surface area contributed by atoms with Crippen molar-refractivity contribution < 1.29 is 28.3 Å². The molecule has 3 aromatic rings. The van der Waals surface area contributed by atoms with Gasteiger partial charge in [0.05, 0.1) is 23.9 Å². The Labute approximate surface area is 254 Å². The molecule has 1 aromatic heterocycles. The highest BCUT2D eigenvalue weighted by molar-refractivity contribution is 6.35. The maximum atomic E-state index is 14.2. The zero-order chi connectivity index (χ0) is 31.5. The van der Waals surface area contributed by atoms with Gasteiger partial charge in [-0.3, -0.25) is 19.7 Å². The highest BCUT2D eigenvalue weighted by Crippen LogP contribution is 2.36. The van der Waals surface area contributed by atoms with Gasteiger partial charge in [0.1, 0.15) is 11.6 Å². The lowest BCUT2D eigenvalue weighted by Crippen LogP contribution is -2.47. The number of imide groups is 1. The zero-order valence-electron chi connectivity index (χ0n) is 25.1. The van der Waals surface area contributed by atoms with Crippen LogP contribution in [0.2, 0.25) is 0 Å². The molecule has 0 atom stereocenters. The highest BCUT2D eigenvalue weighted by Gasteiger charge is 2.26. The number of hydrogen-bond donors (Lipinski definition) is 4. The van der Waals surface area contributed by atoms with Crippen molar-refractivity contribution in [1.29, 1.82) is 0 Å². The average molecular weight is 603 g/mol. The van der Waals surface area contributed by atoms with E-state index in [1.165, 1.54) is 19.2 Å². The Balaban J connectivity index is 1.25. The summed E-state index contributed by atoms with van der Waals surface area (Å²) in [6, 6.07) is 7.70. The number of aryl methyl sites for hydroxylation is 1. The number of piperazine rings is 1. The number of carbonyl (C=O) groups excluding carboxylic acids is 4. The van der Waals surface area contributed by atoms with Crippen molar-refractivity contribution in [3.05, 3.63) is 75.9 Å². The van der Waals surface area contributed by atoms with Crippen LogP contribution in [0.5, 0.6) is 5.75 Å². The summed E-state index contributed by atoms with van der Waals surface area (Å²) in [6.45, 7) is 7.19. The number of nitrogens with one attached hydrogen (secondary N) is 4. The molecule has 2 aliphatic rings. The van der Waals surface area contributed by atoms with E-state index in [0.717, 1.165) is 54.8 Å². The summed E-state index contributed by atoms with van der Waals surface area (Å²) in [5.41, 5.74) is 5.39. The number of methoxy groups -OCH3 is 1. The molecule has 0 saturated carbocycles. The Kier molecular flexibility index (Phi) is 8.81. The molecule has 0 spiro atoms. The Morgan fingerprint density at radius 1 is 1.07 bits per heavy atom. The van der Waals surface area contributed by atoms with Crippen LogP contribution in [0.4, 0.5) is 20.6 Å². The van der Waals surface area contributed by atoms with Crippen LogP contribution in [0.3, 0.4) is 0 Å². The van der Waals surface area contributed by atoms with Crippen LogP contribution >= 0.6 is 0 Å². The largest absolute Gasteiger partial charge is 0.497 e. The number of fused-ring (bicyclic) bond motifs is 1. The molecule has 0 aliphatic carbocycles. The number of aromatic nitrogens is 1. The van der Waals surface area contributed by atoms with Crippen molar-refractivity contribution in [1.82, 2.24) is 20.1 Å². The second-order valence-electron chi connectivity index (χ2n) is 11.0. The van der Waals surface area contributed by atoms with Crippen LogP contribution in [0.15, 0.2) is 36.4 Å². The van der Waals surface area contributed by atoms with Crippen molar-refractivity contribution in [3.8, 4) is 5.75 Å². The molecule has 4 N–H and O–H groups in total. The van der Waals surface area contributed by atoms with Crippen molar-refractivity contribution in [2.75, 3.05) is 51.0 Å². The van der Waals surface area contributed by atoms with Gasteiger partial charge in [0.15, 0.2) is 0 Å². The Hall–Kier alpha value is -4.97. The fourth-order valence-corrected chi connectivity index (χ4v) is 5.48. The van der Waals surface area contributed by atoms with E-state index >= 15 is 0 Å². The molecule has 0 unspecified atom stereocenters. The Bertz CT molecular complexity index is 1670. The van der Waals surface area contributed by atoms with Gasteiger partial charge in [0.25, 0.3) is 11.8 Å². The minimum atomic E-state index is -0.915. The number of hydrogen-bond acceptors (Lipinski definition) is 6. The SMILES string of the molecule is COc1ccc(C(=O)NC(=O)Nc2ccc3c(c2)NC(=O)/C3=C\c2[nH]c(C)c(CCC(=O)N3CCN(C)CC3)c2C)c(F)c1. The maximum absolute atomic E-state index is 14.2. The molecular weight excluding hydrogens is 567 g/mol. The monoisotopic (exact) mass is 602 g/mol. The van der Waals surface area contributed by atoms with Gasteiger partial charge in [-0.25, -0.2) is 9.18 Å². The van der Waals surface area contributed by atoms with Gasteiger partial charge in [-0.1, -0.05) is 6.07 Å². The summed E-state index contributed by atoms with van der Waals surface area (Å²) in [5.74, 6) is -1.65. The van der Waals surface area contributed by atoms with Gasteiger partial charge in [0, 0.05) is 61.3 Å². The van der Waals surface area contributed by atoms with Crippen LogP contribution in [-0.4, -0.2) is 78.9 Å². The standard InChI is InChI=1S/C32H35FN6O5/c1-18-22(9-10-29(40)39-13-11-38(3)12-14-39)19(2)34-27(18)17-25-23-7-5-20(15-28(23)36-31(25)42)35-32(43)37-30(41)24-8-6-21(44-4)16-26(24)33/h5-8,15-17,34H,9-14H2,1-4H3,(H,36,42)(H2,35,37,41,43)/b25-17-. The van der Waals surface area contributed by atoms with E-state index in [1.54, 1.807) is 24.3 Å². The summed E-state index contributed by atoms with van der Waals surface area (Å²) in [5, 5.41) is 7.44. The lowest BCUT2D eigenvalue weighted by Gasteiger charge is -2.32. The van der Waals surface area contributed by atoms with Crippen LogP contribution in [0.25, 0.3) is 11.6 Å². The molecule has 1 fully saturated rings. The fourth-order valence-electron chi connectivity index (χ4n) is 5.48. The molecule has 1 saturated heterocycles. The number of likely N-dealkylation sites (N-methyl/N-ethyl adjacent to an activating group) is 1. The molecule has 5 rings (SSSR count). The number of carbonyl (C=O) groups is 4. The van der Waals surface area contributed by atoms with Crippen molar-refractivity contribution in [2.45, 2.75) is 26.7 Å². The molecule has 0 bridgehead atoms. The third kappa shape index (κ3) is 6.50. The Morgan fingerprint density at radius 3 is 2.52 bits per heavy atom. The third-order valence-corrected chi connectivity index (χ3v) is 8.07. The topological polar surface area (TPSA) is 136 Å². The van der Waals surface area contributed by atoms with Crippen LogP contribution in [0, 0.1) is 19.7 Å². The Morgan fingerprint density at radius 2 is 1.82 bits per heavy atom. The summed E-state index contributed by atoms with van der Waals surface area (Å²) in [6.07, 6.45) is 2.82.